The summed E-state index contributed by atoms with van der Waals surface area (Å²) in [5.74, 6) is -0.178. The zero-order chi connectivity index (χ0) is 31.4. The topological polar surface area (TPSA) is 105 Å². The number of benzene rings is 3. The molecule has 3 aromatic rings. The van der Waals surface area contributed by atoms with Gasteiger partial charge in [-0.3, -0.25) is 13.9 Å². The number of sulfonamides is 1. The quantitative estimate of drug-likeness (QED) is 0.303. The number of hydrogen-bond acceptors (Lipinski definition) is 6. The van der Waals surface area contributed by atoms with Crippen LogP contribution in [0.5, 0.6) is 11.5 Å². The first kappa shape index (κ1) is 32.4. The molecule has 230 valence electrons. The predicted octanol–water partition coefficient (Wildman–Crippen LogP) is 5.68. The minimum Gasteiger partial charge on any atom is -0.486 e. The van der Waals surface area contributed by atoms with Gasteiger partial charge < -0.3 is 19.7 Å². The maximum absolute atomic E-state index is 14.3. The summed E-state index contributed by atoms with van der Waals surface area (Å²) in [6.45, 7) is 7.23. The maximum atomic E-state index is 14.3. The van der Waals surface area contributed by atoms with Crippen LogP contribution < -0.4 is 19.1 Å². The number of hydrogen-bond donors (Lipinski definition) is 1. The molecule has 0 saturated heterocycles. The third-order valence-corrected chi connectivity index (χ3v) is 9.19. The molecule has 0 aromatic heterocycles. The number of carbonyl (C=O) groups excluding carboxylic acids is 2. The fourth-order valence-electron chi connectivity index (χ4n) is 4.66. The Bertz CT molecular complexity index is 1560. The van der Waals surface area contributed by atoms with Crippen LogP contribution in [0.15, 0.2) is 71.6 Å². The lowest BCUT2D eigenvalue weighted by molar-refractivity contribution is -0.141. The molecule has 0 fully saturated rings. The Balaban J connectivity index is 1.79. The number of halogens is 2. The van der Waals surface area contributed by atoms with E-state index in [2.05, 4.69) is 5.32 Å². The van der Waals surface area contributed by atoms with Gasteiger partial charge in [-0.1, -0.05) is 54.4 Å². The highest BCUT2D eigenvalue weighted by Crippen LogP contribution is 2.36. The molecule has 0 unspecified atom stereocenters. The van der Waals surface area contributed by atoms with Crippen molar-refractivity contribution in [1.29, 1.82) is 0 Å². The number of carbonyl (C=O) groups is 2. The van der Waals surface area contributed by atoms with Gasteiger partial charge >= 0.3 is 0 Å². The third kappa shape index (κ3) is 7.74. The first-order valence-corrected chi connectivity index (χ1v) is 16.0. The maximum Gasteiger partial charge on any atom is 0.264 e. The summed E-state index contributed by atoms with van der Waals surface area (Å²) in [7, 11) is -4.24. The average Bonchev–Trinajstić information content (AvgIpc) is 2.96. The fourth-order valence-corrected chi connectivity index (χ4v) is 6.61. The second-order valence-electron chi connectivity index (χ2n) is 11.0. The number of anilines is 1. The van der Waals surface area contributed by atoms with Crippen molar-refractivity contribution in [2.24, 2.45) is 0 Å². The molecule has 0 bridgehead atoms. The van der Waals surface area contributed by atoms with Gasteiger partial charge in [-0.25, -0.2) is 8.42 Å². The molecule has 1 atom stereocenters. The molecule has 43 heavy (non-hydrogen) atoms. The highest BCUT2D eigenvalue weighted by Gasteiger charge is 2.35. The van der Waals surface area contributed by atoms with Crippen molar-refractivity contribution in [3.63, 3.8) is 0 Å². The first-order valence-electron chi connectivity index (χ1n) is 13.8. The molecule has 2 amide bonds. The van der Waals surface area contributed by atoms with Crippen LogP contribution in [0.25, 0.3) is 0 Å². The third-order valence-electron chi connectivity index (χ3n) is 6.70. The standard InChI is InChI=1S/C31H35Cl2N3O6S/c1-5-26(30(38)34-31(2,3)4)35(19-23-24(32)12-9-13-25(23)33)29(37)20-36(43(39,40)22-10-7-6-8-11-22)21-14-15-27-28(18-21)42-17-16-41-27/h6-15,18,26H,5,16-17,19-20H2,1-4H3,(H,34,38)/t26-/m0/s1. The molecule has 12 heteroatoms. The Morgan fingerprint density at radius 2 is 1.56 bits per heavy atom. The zero-order valence-corrected chi connectivity index (χ0v) is 26.8. The molecule has 4 rings (SSSR count). The van der Waals surface area contributed by atoms with Gasteiger partial charge in [0.15, 0.2) is 11.5 Å². The Hall–Kier alpha value is -3.47. The number of ether oxygens (including phenoxy) is 2. The van der Waals surface area contributed by atoms with Crippen molar-refractivity contribution < 1.29 is 27.5 Å². The first-order chi connectivity index (χ1) is 20.3. The van der Waals surface area contributed by atoms with E-state index < -0.39 is 34.1 Å². The van der Waals surface area contributed by atoms with Crippen molar-refractivity contribution >= 4 is 50.7 Å². The van der Waals surface area contributed by atoms with E-state index in [9.17, 15) is 18.0 Å². The number of nitrogens with one attached hydrogen (secondary N) is 1. The molecule has 0 saturated carbocycles. The second kappa shape index (κ2) is 13.4. The Labute approximate surface area is 262 Å². The van der Waals surface area contributed by atoms with Crippen LogP contribution in [0.2, 0.25) is 10.0 Å². The monoisotopic (exact) mass is 647 g/mol. The summed E-state index contributed by atoms with van der Waals surface area (Å²) < 4.78 is 40.4. The minimum absolute atomic E-state index is 0.00379. The molecule has 0 radical (unpaired) electrons. The smallest absolute Gasteiger partial charge is 0.264 e. The van der Waals surface area contributed by atoms with Crippen LogP contribution >= 0.6 is 23.2 Å². The van der Waals surface area contributed by atoms with Crippen LogP contribution in [-0.2, 0) is 26.2 Å². The molecule has 1 aliphatic heterocycles. The Morgan fingerprint density at radius 1 is 0.930 bits per heavy atom. The summed E-state index contributed by atoms with van der Waals surface area (Å²) in [4.78, 5) is 29.1. The van der Waals surface area contributed by atoms with Gasteiger partial charge in [-0.15, -0.1) is 0 Å². The molecule has 9 nitrogen and oxygen atoms in total. The average molecular weight is 649 g/mol. The van der Waals surface area contributed by atoms with E-state index in [4.69, 9.17) is 32.7 Å². The number of nitrogens with zero attached hydrogens (tertiary/aromatic N) is 2. The van der Waals surface area contributed by atoms with E-state index in [-0.39, 0.29) is 29.5 Å². The largest absolute Gasteiger partial charge is 0.486 e. The van der Waals surface area contributed by atoms with Crippen LogP contribution in [-0.4, -0.2) is 56.5 Å². The van der Waals surface area contributed by atoms with Gasteiger partial charge in [0.1, 0.15) is 25.8 Å². The van der Waals surface area contributed by atoms with Crippen LogP contribution in [0.3, 0.4) is 0 Å². The molecule has 0 spiro atoms. The summed E-state index contributed by atoms with van der Waals surface area (Å²) in [6, 6.07) is 16.5. The zero-order valence-electron chi connectivity index (χ0n) is 24.5. The highest BCUT2D eigenvalue weighted by molar-refractivity contribution is 7.92. The van der Waals surface area contributed by atoms with Crippen molar-refractivity contribution in [3.8, 4) is 11.5 Å². The van der Waals surface area contributed by atoms with Gasteiger partial charge in [0.25, 0.3) is 10.0 Å². The van der Waals surface area contributed by atoms with E-state index >= 15 is 0 Å². The molecular formula is C31H35Cl2N3O6S. The van der Waals surface area contributed by atoms with Gasteiger partial charge in [0.2, 0.25) is 11.8 Å². The normalized spacial score (nSPS) is 13.6. The predicted molar refractivity (Wildman–Crippen MR) is 167 cm³/mol. The Morgan fingerprint density at radius 3 is 2.16 bits per heavy atom. The van der Waals surface area contributed by atoms with Gasteiger partial charge in [-0.2, -0.15) is 0 Å². The lowest BCUT2D eigenvalue weighted by Gasteiger charge is -2.35. The van der Waals surface area contributed by atoms with E-state index in [1.807, 2.05) is 20.8 Å². The van der Waals surface area contributed by atoms with Crippen molar-refractivity contribution in [1.82, 2.24) is 10.2 Å². The molecule has 1 aliphatic rings. The summed E-state index contributed by atoms with van der Waals surface area (Å²) >= 11 is 13.0. The number of rotatable bonds is 10. The molecule has 3 aromatic carbocycles. The van der Waals surface area contributed by atoms with E-state index in [1.54, 1.807) is 55.5 Å². The lowest BCUT2D eigenvalue weighted by atomic mass is 10.1. The summed E-state index contributed by atoms with van der Waals surface area (Å²) in [5.41, 5.74) is 0.0668. The highest BCUT2D eigenvalue weighted by atomic mass is 35.5. The summed E-state index contributed by atoms with van der Waals surface area (Å²) in [6.07, 6.45) is 0.255. The van der Waals surface area contributed by atoms with Crippen LogP contribution in [0, 0.1) is 0 Å². The van der Waals surface area contributed by atoms with Crippen molar-refractivity contribution in [2.45, 2.75) is 57.1 Å². The fraction of sp³-hybridized carbons (Fsp3) is 0.355. The number of fused-ring (bicyclic) bond motifs is 1. The lowest BCUT2D eigenvalue weighted by Crippen LogP contribution is -2.55. The van der Waals surface area contributed by atoms with Crippen molar-refractivity contribution in [3.05, 3.63) is 82.3 Å². The molecule has 1 heterocycles. The van der Waals surface area contributed by atoms with Gasteiger partial charge in [-0.05, 0) is 63.6 Å². The molecule has 0 aliphatic carbocycles. The van der Waals surface area contributed by atoms with Crippen LogP contribution in [0.4, 0.5) is 5.69 Å². The molecule has 1 N–H and O–H groups in total. The summed E-state index contributed by atoms with van der Waals surface area (Å²) in [5, 5.41) is 3.57. The number of amides is 2. The molecular weight excluding hydrogens is 613 g/mol. The Kier molecular flexibility index (Phi) is 10.1. The van der Waals surface area contributed by atoms with E-state index in [1.165, 1.54) is 23.1 Å². The SMILES string of the molecule is CC[C@@H](C(=O)NC(C)(C)C)N(Cc1c(Cl)cccc1Cl)C(=O)CN(c1ccc2c(c1)OCCO2)S(=O)(=O)c1ccccc1. The van der Waals surface area contributed by atoms with E-state index in [0.29, 0.717) is 40.3 Å². The van der Waals surface area contributed by atoms with Crippen LogP contribution in [0.1, 0.15) is 39.7 Å². The van der Waals surface area contributed by atoms with Gasteiger partial charge in [0, 0.05) is 33.8 Å². The second-order valence-corrected chi connectivity index (χ2v) is 13.7. The van der Waals surface area contributed by atoms with E-state index in [0.717, 1.165) is 4.31 Å². The van der Waals surface area contributed by atoms with Gasteiger partial charge in [0.05, 0.1) is 10.6 Å². The van der Waals surface area contributed by atoms with Crippen molar-refractivity contribution in [2.75, 3.05) is 24.1 Å². The minimum atomic E-state index is -4.24.